The molecule has 0 spiro atoms. The summed E-state index contributed by atoms with van der Waals surface area (Å²) in [5.41, 5.74) is 3.62. The first kappa shape index (κ1) is 21.9. The smallest absolute Gasteiger partial charge is 0.340 e. The van der Waals surface area contributed by atoms with Crippen LogP contribution in [-0.4, -0.2) is 30.3 Å². The molecule has 2 aromatic carbocycles. The fraction of sp³-hybridized carbons (Fsp3) is 0.400. The monoisotopic (exact) mass is 485 g/mol. The van der Waals surface area contributed by atoms with E-state index in [2.05, 4.69) is 37.9 Å². The molecule has 0 saturated heterocycles. The second-order valence-corrected chi connectivity index (χ2v) is 8.91. The summed E-state index contributed by atoms with van der Waals surface area (Å²) in [4.78, 5) is 13.2. The Bertz CT molecular complexity index is 1060. The SMILES string of the molecule is CCOC(=O)c1c(C[NH2+]C2CCCCC2)n(-c2ccccc2)c2cc(Br)c(OC)cc12. The maximum absolute atomic E-state index is 13.2. The molecule has 31 heavy (non-hydrogen) atoms. The molecule has 0 atom stereocenters. The van der Waals surface area contributed by atoms with E-state index < -0.39 is 0 Å². The summed E-state index contributed by atoms with van der Waals surface area (Å²) in [7, 11) is 1.64. The summed E-state index contributed by atoms with van der Waals surface area (Å²) in [5.74, 6) is 0.421. The summed E-state index contributed by atoms with van der Waals surface area (Å²) < 4.78 is 14.1. The van der Waals surface area contributed by atoms with Gasteiger partial charge in [-0.3, -0.25) is 0 Å². The first-order chi connectivity index (χ1) is 15.1. The molecule has 1 aliphatic rings. The third kappa shape index (κ3) is 4.51. The van der Waals surface area contributed by atoms with Gasteiger partial charge in [-0.05, 0) is 72.8 Å². The van der Waals surface area contributed by atoms with Crippen molar-refractivity contribution in [2.24, 2.45) is 0 Å². The predicted molar refractivity (Wildman–Crippen MR) is 126 cm³/mol. The number of nitrogens with two attached hydrogens (primary N) is 1. The number of quaternary nitrogens is 1. The van der Waals surface area contributed by atoms with E-state index in [4.69, 9.17) is 9.47 Å². The van der Waals surface area contributed by atoms with Gasteiger partial charge in [0.05, 0.1) is 41.0 Å². The molecule has 0 unspecified atom stereocenters. The average molecular weight is 486 g/mol. The Labute approximate surface area is 191 Å². The molecule has 4 rings (SSSR count). The van der Waals surface area contributed by atoms with Gasteiger partial charge in [0.25, 0.3) is 0 Å². The van der Waals surface area contributed by atoms with Gasteiger partial charge in [0.15, 0.2) is 0 Å². The molecule has 1 heterocycles. The average Bonchev–Trinajstić information content (AvgIpc) is 3.11. The van der Waals surface area contributed by atoms with Crippen molar-refractivity contribution in [1.82, 2.24) is 4.57 Å². The number of aromatic nitrogens is 1. The fourth-order valence-electron chi connectivity index (χ4n) is 4.64. The van der Waals surface area contributed by atoms with Crippen molar-refractivity contribution in [2.75, 3.05) is 13.7 Å². The number of rotatable bonds is 7. The van der Waals surface area contributed by atoms with Crippen LogP contribution < -0.4 is 10.1 Å². The van der Waals surface area contributed by atoms with E-state index in [1.54, 1.807) is 7.11 Å². The van der Waals surface area contributed by atoms with E-state index in [-0.39, 0.29) is 5.97 Å². The lowest BCUT2D eigenvalue weighted by atomic mass is 9.95. The molecule has 1 fully saturated rings. The molecule has 0 radical (unpaired) electrons. The number of carbonyl (C=O) groups is 1. The Balaban J connectivity index is 1.91. The van der Waals surface area contributed by atoms with Crippen molar-refractivity contribution in [2.45, 2.75) is 51.6 Å². The topological polar surface area (TPSA) is 57.1 Å². The molecule has 0 bridgehead atoms. The highest BCUT2D eigenvalue weighted by Crippen LogP contribution is 2.37. The number of carbonyl (C=O) groups excluding carboxylic acids is 1. The third-order valence-electron chi connectivity index (χ3n) is 6.13. The molecule has 3 aromatic rings. The van der Waals surface area contributed by atoms with E-state index in [1.807, 2.05) is 37.3 Å². The van der Waals surface area contributed by atoms with Crippen LogP contribution in [0.25, 0.3) is 16.6 Å². The van der Waals surface area contributed by atoms with E-state index >= 15 is 0 Å². The normalized spacial score (nSPS) is 14.7. The maximum Gasteiger partial charge on any atom is 0.340 e. The molecule has 6 heteroatoms. The summed E-state index contributed by atoms with van der Waals surface area (Å²) in [6.07, 6.45) is 6.38. The number of methoxy groups -OCH3 is 1. The van der Waals surface area contributed by atoms with Crippen molar-refractivity contribution in [3.63, 3.8) is 0 Å². The predicted octanol–water partition coefficient (Wildman–Crippen LogP) is 4.97. The molecular weight excluding hydrogens is 456 g/mol. The first-order valence-electron chi connectivity index (χ1n) is 11.1. The number of hydrogen-bond donors (Lipinski definition) is 1. The van der Waals surface area contributed by atoms with Gasteiger partial charge in [0.1, 0.15) is 12.3 Å². The zero-order valence-corrected chi connectivity index (χ0v) is 19.8. The highest BCUT2D eigenvalue weighted by atomic mass is 79.9. The Morgan fingerprint density at radius 3 is 2.58 bits per heavy atom. The second kappa shape index (κ2) is 9.88. The lowest BCUT2D eigenvalue weighted by Crippen LogP contribution is -2.89. The molecule has 1 aromatic heterocycles. The Morgan fingerprint density at radius 2 is 1.90 bits per heavy atom. The number of esters is 1. The Hall–Kier alpha value is -2.31. The molecular formula is C25H30BrN2O3+. The Morgan fingerprint density at radius 1 is 1.16 bits per heavy atom. The standard InChI is InChI=1S/C25H29BrN2O3/c1-3-31-25(29)24-19-14-23(30-2)20(26)15-21(19)28(18-12-8-5-9-13-18)22(24)16-27-17-10-6-4-7-11-17/h5,8-9,12-15,17,27H,3-4,6-7,10-11,16H2,1-2H3/p+1. The molecule has 0 amide bonds. The van der Waals surface area contributed by atoms with Crippen LogP contribution in [-0.2, 0) is 11.3 Å². The third-order valence-corrected chi connectivity index (χ3v) is 6.75. The lowest BCUT2D eigenvalue weighted by molar-refractivity contribution is -0.707. The number of ether oxygens (including phenoxy) is 2. The van der Waals surface area contributed by atoms with Gasteiger partial charge < -0.3 is 19.4 Å². The molecule has 0 aliphatic heterocycles. The van der Waals surface area contributed by atoms with Gasteiger partial charge in [-0.2, -0.15) is 0 Å². The molecule has 2 N–H and O–H groups in total. The van der Waals surface area contributed by atoms with Crippen LogP contribution in [0.15, 0.2) is 46.9 Å². The van der Waals surface area contributed by atoms with Gasteiger partial charge in [0.2, 0.25) is 0 Å². The van der Waals surface area contributed by atoms with Gasteiger partial charge in [-0.25, -0.2) is 4.79 Å². The lowest BCUT2D eigenvalue weighted by Gasteiger charge is -2.21. The van der Waals surface area contributed by atoms with E-state index in [1.165, 1.54) is 32.1 Å². The summed E-state index contributed by atoms with van der Waals surface area (Å²) in [5, 5.41) is 3.26. The van der Waals surface area contributed by atoms with Crippen LogP contribution in [0.4, 0.5) is 0 Å². The number of para-hydroxylation sites is 1. The number of benzene rings is 2. The van der Waals surface area contributed by atoms with Crippen molar-refractivity contribution in [3.8, 4) is 11.4 Å². The van der Waals surface area contributed by atoms with Gasteiger partial charge in [-0.15, -0.1) is 0 Å². The largest absolute Gasteiger partial charge is 0.496 e. The van der Waals surface area contributed by atoms with Gasteiger partial charge in [-0.1, -0.05) is 24.6 Å². The molecule has 1 aliphatic carbocycles. The molecule has 1 saturated carbocycles. The highest BCUT2D eigenvalue weighted by Gasteiger charge is 2.28. The van der Waals surface area contributed by atoms with Crippen LogP contribution in [0.3, 0.4) is 0 Å². The number of hydrogen-bond acceptors (Lipinski definition) is 3. The summed E-state index contributed by atoms with van der Waals surface area (Å²) in [6, 6.07) is 14.8. The summed E-state index contributed by atoms with van der Waals surface area (Å²) in [6.45, 7) is 2.91. The van der Waals surface area contributed by atoms with Crippen LogP contribution in [0.2, 0.25) is 0 Å². The van der Waals surface area contributed by atoms with Crippen LogP contribution in [0.5, 0.6) is 5.75 Å². The Kier molecular flexibility index (Phi) is 6.98. The first-order valence-corrected chi connectivity index (χ1v) is 11.9. The minimum absolute atomic E-state index is 0.279. The van der Waals surface area contributed by atoms with E-state index in [0.717, 1.165) is 33.3 Å². The van der Waals surface area contributed by atoms with Crippen LogP contribution in [0, 0.1) is 0 Å². The minimum atomic E-state index is -0.279. The second-order valence-electron chi connectivity index (χ2n) is 8.05. The zero-order valence-electron chi connectivity index (χ0n) is 18.2. The minimum Gasteiger partial charge on any atom is -0.496 e. The fourth-order valence-corrected chi connectivity index (χ4v) is 5.13. The summed E-state index contributed by atoms with van der Waals surface area (Å²) >= 11 is 3.63. The number of fused-ring (bicyclic) bond motifs is 1. The maximum atomic E-state index is 13.2. The van der Waals surface area contributed by atoms with E-state index in [0.29, 0.717) is 24.0 Å². The highest BCUT2D eigenvalue weighted by molar-refractivity contribution is 9.10. The zero-order chi connectivity index (χ0) is 21.8. The van der Waals surface area contributed by atoms with Crippen molar-refractivity contribution in [1.29, 1.82) is 0 Å². The van der Waals surface area contributed by atoms with Crippen molar-refractivity contribution in [3.05, 3.63) is 58.2 Å². The number of halogens is 1. The van der Waals surface area contributed by atoms with Crippen molar-refractivity contribution >= 4 is 32.8 Å². The van der Waals surface area contributed by atoms with Crippen molar-refractivity contribution < 1.29 is 19.6 Å². The van der Waals surface area contributed by atoms with Gasteiger partial charge >= 0.3 is 5.97 Å². The van der Waals surface area contributed by atoms with Gasteiger partial charge in [0, 0.05) is 11.1 Å². The van der Waals surface area contributed by atoms with Crippen LogP contribution in [0.1, 0.15) is 55.1 Å². The van der Waals surface area contributed by atoms with Crippen LogP contribution >= 0.6 is 15.9 Å². The number of nitrogens with zero attached hydrogens (tertiary/aromatic N) is 1. The quantitative estimate of drug-likeness (QED) is 0.480. The van der Waals surface area contributed by atoms with E-state index in [9.17, 15) is 4.79 Å². The molecule has 5 nitrogen and oxygen atoms in total. The molecule has 164 valence electrons.